The molecule has 0 aliphatic heterocycles. The number of Topliss-reactive ketones (excluding diaryl/α,β-unsaturated/α-hetero) is 1. The Morgan fingerprint density at radius 1 is 0.875 bits per heavy atom. The molecule has 1 N–H and O–H groups in total. The lowest BCUT2D eigenvalue weighted by atomic mass is 10.0. The van der Waals surface area contributed by atoms with Crippen LogP contribution in [0.3, 0.4) is 0 Å². The molecule has 1 atom stereocenters. The molecule has 3 heteroatoms. The lowest BCUT2D eigenvalue weighted by molar-refractivity contribution is -0.117. The van der Waals surface area contributed by atoms with Gasteiger partial charge in [-0.25, -0.2) is 0 Å². The van der Waals surface area contributed by atoms with E-state index >= 15 is 0 Å². The molecule has 3 nitrogen and oxygen atoms in total. The molecule has 0 saturated carbocycles. The standard InChI is InChI=1S/C21H19NO2/c1-14-7-9-17(10-8-14)20(23)21(24)22-15(2)18-12-11-16-5-3-4-6-19(16)13-18/h3-13,15H,1-2H3,(H,22,24). The van der Waals surface area contributed by atoms with Crippen LogP contribution in [0.2, 0.25) is 0 Å². The van der Waals surface area contributed by atoms with Crippen LogP contribution < -0.4 is 5.32 Å². The van der Waals surface area contributed by atoms with Crippen molar-refractivity contribution in [3.8, 4) is 0 Å². The zero-order chi connectivity index (χ0) is 17.1. The first-order valence-electron chi connectivity index (χ1n) is 7.95. The third-order valence-electron chi connectivity index (χ3n) is 4.14. The molecule has 120 valence electrons. The minimum Gasteiger partial charge on any atom is -0.343 e. The van der Waals surface area contributed by atoms with Crippen molar-refractivity contribution in [3.63, 3.8) is 0 Å². The van der Waals surface area contributed by atoms with Gasteiger partial charge in [-0.05, 0) is 36.2 Å². The zero-order valence-corrected chi connectivity index (χ0v) is 13.7. The molecular formula is C21H19NO2. The molecule has 0 fully saturated rings. The summed E-state index contributed by atoms with van der Waals surface area (Å²) in [6, 6.07) is 20.9. The van der Waals surface area contributed by atoms with Crippen molar-refractivity contribution in [2.75, 3.05) is 0 Å². The smallest absolute Gasteiger partial charge is 0.292 e. The average molecular weight is 317 g/mol. The van der Waals surface area contributed by atoms with E-state index in [4.69, 9.17) is 0 Å². The van der Waals surface area contributed by atoms with Gasteiger partial charge in [0.15, 0.2) is 0 Å². The quantitative estimate of drug-likeness (QED) is 0.579. The highest BCUT2D eigenvalue weighted by atomic mass is 16.2. The van der Waals surface area contributed by atoms with Gasteiger partial charge in [-0.15, -0.1) is 0 Å². The second-order valence-electron chi connectivity index (χ2n) is 6.00. The van der Waals surface area contributed by atoms with Crippen molar-refractivity contribution >= 4 is 22.5 Å². The average Bonchev–Trinajstić information content (AvgIpc) is 2.61. The van der Waals surface area contributed by atoms with E-state index in [1.54, 1.807) is 12.1 Å². The van der Waals surface area contributed by atoms with E-state index in [2.05, 4.69) is 5.32 Å². The van der Waals surface area contributed by atoms with Gasteiger partial charge >= 0.3 is 0 Å². The second kappa shape index (κ2) is 6.67. The van der Waals surface area contributed by atoms with Crippen LogP contribution in [0.15, 0.2) is 66.7 Å². The molecule has 0 aliphatic rings. The van der Waals surface area contributed by atoms with E-state index in [0.29, 0.717) is 5.56 Å². The lowest BCUT2D eigenvalue weighted by Crippen LogP contribution is -2.33. The summed E-state index contributed by atoms with van der Waals surface area (Å²) in [5, 5.41) is 5.05. The molecule has 0 aliphatic carbocycles. The molecule has 1 amide bonds. The number of carbonyl (C=O) groups is 2. The SMILES string of the molecule is Cc1ccc(C(=O)C(=O)NC(C)c2ccc3ccccc3c2)cc1. The first-order chi connectivity index (χ1) is 11.5. The van der Waals surface area contributed by atoms with Gasteiger partial charge in [-0.3, -0.25) is 9.59 Å². The normalized spacial score (nSPS) is 11.9. The Morgan fingerprint density at radius 2 is 1.54 bits per heavy atom. The van der Waals surface area contributed by atoms with Gasteiger partial charge in [-0.2, -0.15) is 0 Å². The Labute approximate surface area is 141 Å². The minimum absolute atomic E-state index is 0.239. The highest BCUT2D eigenvalue weighted by Gasteiger charge is 2.18. The third kappa shape index (κ3) is 3.35. The maximum Gasteiger partial charge on any atom is 0.292 e. The molecule has 0 spiro atoms. The molecule has 3 aromatic carbocycles. The summed E-state index contributed by atoms with van der Waals surface area (Å²) in [6.07, 6.45) is 0. The predicted octanol–water partition coefficient (Wildman–Crippen LogP) is 4.21. The highest BCUT2D eigenvalue weighted by molar-refractivity contribution is 6.42. The molecule has 24 heavy (non-hydrogen) atoms. The van der Waals surface area contributed by atoms with Crippen LogP contribution >= 0.6 is 0 Å². The van der Waals surface area contributed by atoms with Gasteiger partial charge < -0.3 is 5.32 Å². The van der Waals surface area contributed by atoms with Crippen LogP contribution in [-0.4, -0.2) is 11.7 Å². The Hall–Kier alpha value is -2.94. The number of amides is 1. The van der Waals surface area contributed by atoms with E-state index in [0.717, 1.165) is 21.9 Å². The topological polar surface area (TPSA) is 46.2 Å². The van der Waals surface area contributed by atoms with E-state index < -0.39 is 11.7 Å². The molecule has 0 bridgehead atoms. The predicted molar refractivity (Wildman–Crippen MR) is 96.0 cm³/mol. The fraction of sp³-hybridized carbons (Fsp3) is 0.143. The summed E-state index contributed by atoms with van der Waals surface area (Å²) < 4.78 is 0. The van der Waals surface area contributed by atoms with Crippen molar-refractivity contribution in [3.05, 3.63) is 83.4 Å². The minimum atomic E-state index is -0.584. The summed E-state index contributed by atoms with van der Waals surface area (Å²) in [5.41, 5.74) is 2.43. The van der Waals surface area contributed by atoms with E-state index in [-0.39, 0.29) is 6.04 Å². The molecule has 3 aromatic rings. The van der Waals surface area contributed by atoms with Gasteiger partial charge in [0.1, 0.15) is 0 Å². The number of hydrogen-bond acceptors (Lipinski definition) is 2. The molecular weight excluding hydrogens is 298 g/mol. The number of ketones is 1. The van der Waals surface area contributed by atoms with Crippen molar-refractivity contribution < 1.29 is 9.59 Å². The Balaban J connectivity index is 1.75. The largest absolute Gasteiger partial charge is 0.343 e. The van der Waals surface area contributed by atoms with Gasteiger partial charge in [0, 0.05) is 5.56 Å². The molecule has 3 rings (SSSR count). The maximum atomic E-state index is 12.2. The van der Waals surface area contributed by atoms with Crippen LogP contribution in [0.5, 0.6) is 0 Å². The number of fused-ring (bicyclic) bond motifs is 1. The Bertz CT molecular complexity index is 897. The van der Waals surface area contributed by atoms with Gasteiger partial charge in [-0.1, -0.05) is 66.2 Å². The molecule has 0 heterocycles. The summed E-state index contributed by atoms with van der Waals surface area (Å²) in [5.74, 6) is -1.10. The number of hydrogen-bond donors (Lipinski definition) is 1. The van der Waals surface area contributed by atoms with E-state index in [1.165, 1.54) is 0 Å². The number of benzene rings is 3. The monoisotopic (exact) mass is 317 g/mol. The maximum absolute atomic E-state index is 12.2. The first-order valence-corrected chi connectivity index (χ1v) is 7.95. The summed E-state index contributed by atoms with van der Waals surface area (Å²) in [7, 11) is 0. The van der Waals surface area contributed by atoms with Gasteiger partial charge in [0.25, 0.3) is 5.91 Å². The number of rotatable bonds is 4. The summed E-state index contributed by atoms with van der Waals surface area (Å²) in [4.78, 5) is 24.4. The number of nitrogens with one attached hydrogen (secondary N) is 1. The van der Waals surface area contributed by atoms with Crippen molar-refractivity contribution in [2.24, 2.45) is 0 Å². The fourth-order valence-corrected chi connectivity index (χ4v) is 2.66. The van der Waals surface area contributed by atoms with Crippen molar-refractivity contribution in [2.45, 2.75) is 19.9 Å². The van der Waals surface area contributed by atoms with Crippen LogP contribution in [-0.2, 0) is 4.79 Å². The first kappa shape index (κ1) is 15.9. The highest BCUT2D eigenvalue weighted by Crippen LogP contribution is 2.20. The fourth-order valence-electron chi connectivity index (χ4n) is 2.66. The van der Waals surface area contributed by atoms with E-state index in [1.807, 2.05) is 68.4 Å². The van der Waals surface area contributed by atoms with Crippen LogP contribution in [0.1, 0.15) is 34.5 Å². The van der Waals surface area contributed by atoms with E-state index in [9.17, 15) is 9.59 Å². The molecule has 1 unspecified atom stereocenters. The van der Waals surface area contributed by atoms with Gasteiger partial charge in [0.05, 0.1) is 6.04 Å². The van der Waals surface area contributed by atoms with Crippen LogP contribution in [0, 0.1) is 6.92 Å². The van der Waals surface area contributed by atoms with Crippen molar-refractivity contribution in [1.29, 1.82) is 0 Å². The van der Waals surface area contributed by atoms with Crippen LogP contribution in [0.4, 0.5) is 0 Å². The molecule has 0 aromatic heterocycles. The summed E-state index contributed by atoms with van der Waals surface area (Å²) >= 11 is 0. The molecule has 0 radical (unpaired) electrons. The third-order valence-corrected chi connectivity index (χ3v) is 4.14. The van der Waals surface area contributed by atoms with Crippen LogP contribution in [0.25, 0.3) is 10.8 Å². The van der Waals surface area contributed by atoms with Crippen molar-refractivity contribution in [1.82, 2.24) is 5.32 Å². The lowest BCUT2D eigenvalue weighted by Gasteiger charge is -2.14. The summed E-state index contributed by atoms with van der Waals surface area (Å²) in [6.45, 7) is 3.82. The Kier molecular flexibility index (Phi) is 4.43. The second-order valence-corrected chi connectivity index (χ2v) is 6.00. The molecule has 0 saturated heterocycles. The Morgan fingerprint density at radius 3 is 2.25 bits per heavy atom. The number of aryl methyl sites for hydroxylation is 1. The number of carbonyl (C=O) groups excluding carboxylic acids is 2. The zero-order valence-electron chi connectivity index (χ0n) is 13.7. The van der Waals surface area contributed by atoms with Gasteiger partial charge in [0.2, 0.25) is 5.78 Å².